The number of aromatic nitrogens is 1. The molecule has 0 bridgehead atoms. The fourth-order valence-electron chi connectivity index (χ4n) is 1.91. The van der Waals surface area contributed by atoms with Gasteiger partial charge in [0.1, 0.15) is 12.1 Å². The van der Waals surface area contributed by atoms with Gasteiger partial charge in [-0.1, -0.05) is 18.2 Å². The van der Waals surface area contributed by atoms with Crippen molar-refractivity contribution in [2.24, 2.45) is 0 Å². The molecule has 0 aliphatic carbocycles. The Hall–Kier alpha value is -2.37. The Balaban J connectivity index is 2.18. The number of anilines is 1. The summed E-state index contributed by atoms with van der Waals surface area (Å²) in [5.41, 5.74) is 0.621. The van der Waals surface area contributed by atoms with Gasteiger partial charge >= 0.3 is 5.97 Å². The van der Waals surface area contributed by atoms with Crippen LogP contribution in [0.25, 0.3) is 0 Å². The Morgan fingerprint density at radius 3 is 2.86 bits per heavy atom. The van der Waals surface area contributed by atoms with Gasteiger partial charge in [-0.3, -0.25) is 0 Å². The molecule has 5 nitrogen and oxygen atoms in total. The first kappa shape index (κ1) is 15.0. The Bertz CT molecular complexity index is 627. The molecule has 0 saturated carbocycles. The molecule has 1 aromatic carbocycles. The van der Waals surface area contributed by atoms with Crippen LogP contribution < -0.4 is 4.90 Å². The van der Waals surface area contributed by atoms with E-state index in [-0.39, 0.29) is 30.2 Å². The Kier molecular flexibility index (Phi) is 4.57. The molecule has 1 atom stereocenters. The third-order valence-corrected chi connectivity index (χ3v) is 3.21. The van der Waals surface area contributed by atoms with Gasteiger partial charge in [0.2, 0.25) is 0 Å². The molecule has 0 aliphatic rings. The van der Waals surface area contributed by atoms with Gasteiger partial charge in [0, 0.05) is 12.6 Å². The highest BCUT2D eigenvalue weighted by Gasteiger charge is 2.21. The Labute approximate surface area is 122 Å². The monoisotopic (exact) mass is 292 g/mol. The maximum Gasteiger partial charge on any atom is 0.360 e. The van der Waals surface area contributed by atoms with Gasteiger partial charge in [-0.15, -0.1) is 0 Å². The van der Waals surface area contributed by atoms with E-state index in [4.69, 9.17) is 9.15 Å². The average Bonchev–Trinajstić information content (AvgIpc) is 2.96. The molecule has 0 radical (unpaired) electrons. The van der Waals surface area contributed by atoms with Crippen molar-refractivity contribution >= 4 is 12.0 Å². The van der Waals surface area contributed by atoms with E-state index in [1.807, 2.05) is 6.92 Å². The number of hydrogen-bond acceptors (Lipinski definition) is 5. The fraction of sp³-hybridized carbons (Fsp3) is 0.333. The number of oxazole rings is 1. The second-order valence-electron chi connectivity index (χ2n) is 4.54. The van der Waals surface area contributed by atoms with Gasteiger partial charge in [0.05, 0.1) is 12.6 Å². The van der Waals surface area contributed by atoms with Crippen molar-refractivity contribution in [3.63, 3.8) is 0 Å². The van der Waals surface area contributed by atoms with E-state index in [9.17, 15) is 9.18 Å². The predicted molar refractivity (Wildman–Crippen MR) is 75.7 cm³/mol. The molecular formula is C15H17FN2O3. The summed E-state index contributed by atoms with van der Waals surface area (Å²) >= 11 is 0. The number of benzene rings is 1. The van der Waals surface area contributed by atoms with Crippen molar-refractivity contribution in [3.8, 4) is 0 Å². The van der Waals surface area contributed by atoms with Crippen LogP contribution in [-0.4, -0.2) is 24.6 Å². The number of halogens is 1. The molecule has 2 rings (SSSR count). The standard InChI is InChI=1S/C15H17FN2O3/c1-4-20-14(19)13-9-21-15(17-13)18(3)10(2)11-7-5-6-8-12(11)16/h5-10H,4H2,1-3H3. The minimum absolute atomic E-state index is 0.0967. The Morgan fingerprint density at radius 2 is 2.19 bits per heavy atom. The lowest BCUT2D eigenvalue weighted by molar-refractivity contribution is 0.0519. The highest BCUT2D eigenvalue weighted by Crippen LogP contribution is 2.26. The van der Waals surface area contributed by atoms with Crippen LogP contribution in [-0.2, 0) is 4.74 Å². The number of carbonyl (C=O) groups is 1. The topological polar surface area (TPSA) is 55.6 Å². The van der Waals surface area contributed by atoms with Crippen LogP contribution >= 0.6 is 0 Å². The summed E-state index contributed by atoms with van der Waals surface area (Å²) in [5, 5.41) is 0. The van der Waals surface area contributed by atoms with Crippen molar-refractivity contribution in [1.29, 1.82) is 0 Å². The van der Waals surface area contributed by atoms with Gasteiger partial charge < -0.3 is 14.1 Å². The van der Waals surface area contributed by atoms with Crippen LogP contribution in [0.4, 0.5) is 10.4 Å². The van der Waals surface area contributed by atoms with Gasteiger partial charge in [0.15, 0.2) is 5.69 Å². The average molecular weight is 292 g/mol. The van der Waals surface area contributed by atoms with Gasteiger partial charge in [-0.05, 0) is 19.9 Å². The van der Waals surface area contributed by atoms with E-state index in [0.29, 0.717) is 5.56 Å². The van der Waals surface area contributed by atoms with E-state index >= 15 is 0 Å². The summed E-state index contributed by atoms with van der Waals surface area (Å²) in [6.07, 6.45) is 1.23. The molecule has 0 amide bonds. The van der Waals surface area contributed by atoms with Crippen molar-refractivity contribution in [2.75, 3.05) is 18.6 Å². The Morgan fingerprint density at radius 1 is 1.48 bits per heavy atom. The minimum atomic E-state index is -0.542. The zero-order chi connectivity index (χ0) is 15.4. The normalized spacial score (nSPS) is 12.0. The fourth-order valence-corrected chi connectivity index (χ4v) is 1.91. The number of rotatable bonds is 5. The first-order valence-electron chi connectivity index (χ1n) is 6.64. The van der Waals surface area contributed by atoms with Crippen molar-refractivity contribution in [2.45, 2.75) is 19.9 Å². The van der Waals surface area contributed by atoms with E-state index in [1.54, 1.807) is 37.1 Å². The van der Waals surface area contributed by atoms with Gasteiger partial charge in [-0.2, -0.15) is 4.98 Å². The first-order chi connectivity index (χ1) is 10.0. The zero-order valence-corrected chi connectivity index (χ0v) is 12.2. The summed E-state index contributed by atoms with van der Waals surface area (Å²) in [6, 6.07) is 6.44. The molecule has 2 aromatic rings. The van der Waals surface area contributed by atoms with Crippen molar-refractivity contribution < 1.29 is 18.3 Å². The van der Waals surface area contributed by atoms with Crippen LogP contribution in [0.2, 0.25) is 0 Å². The van der Waals surface area contributed by atoms with Crippen LogP contribution in [0, 0.1) is 5.82 Å². The van der Waals surface area contributed by atoms with Crippen LogP contribution in [0.15, 0.2) is 34.9 Å². The lowest BCUT2D eigenvalue weighted by Crippen LogP contribution is -2.23. The van der Waals surface area contributed by atoms with Gasteiger partial charge in [0.25, 0.3) is 6.01 Å². The SMILES string of the molecule is CCOC(=O)c1coc(N(C)C(C)c2ccccc2F)n1. The first-order valence-corrected chi connectivity index (χ1v) is 6.64. The lowest BCUT2D eigenvalue weighted by atomic mass is 10.1. The van der Waals surface area contributed by atoms with E-state index in [2.05, 4.69) is 4.98 Å². The molecule has 0 spiro atoms. The van der Waals surface area contributed by atoms with Crippen LogP contribution in [0.3, 0.4) is 0 Å². The maximum atomic E-state index is 13.8. The zero-order valence-electron chi connectivity index (χ0n) is 12.2. The molecule has 0 saturated heterocycles. The molecule has 0 N–H and O–H groups in total. The number of carbonyl (C=O) groups excluding carboxylic acids is 1. The van der Waals surface area contributed by atoms with Crippen LogP contribution in [0.5, 0.6) is 0 Å². The molecule has 0 fully saturated rings. The summed E-state index contributed by atoms with van der Waals surface area (Å²) in [5.74, 6) is -0.839. The highest BCUT2D eigenvalue weighted by atomic mass is 19.1. The molecule has 6 heteroatoms. The molecule has 112 valence electrons. The molecule has 1 heterocycles. The smallest absolute Gasteiger partial charge is 0.360 e. The largest absolute Gasteiger partial charge is 0.461 e. The van der Waals surface area contributed by atoms with Crippen molar-refractivity contribution in [1.82, 2.24) is 4.98 Å². The summed E-state index contributed by atoms with van der Waals surface area (Å²) in [6.45, 7) is 3.81. The quantitative estimate of drug-likeness (QED) is 0.792. The second kappa shape index (κ2) is 6.39. The maximum absolute atomic E-state index is 13.8. The highest BCUT2D eigenvalue weighted by molar-refractivity contribution is 5.87. The minimum Gasteiger partial charge on any atom is -0.461 e. The van der Waals surface area contributed by atoms with E-state index < -0.39 is 5.97 Å². The summed E-state index contributed by atoms with van der Waals surface area (Å²) in [7, 11) is 1.72. The summed E-state index contributed by atoms with van der Waals surface area (Å²) < 4.78 is 23.9. The molecule has 1 unspecified atom stereocenters. The molecule has 0 aliphatic heterocycles. The van der Waals surface area contributed by atoms with Crippen LogP contribution in [0.1, 0.15) is 35.9 Å². The predicted octanol–water partition coefficient (Wildman–Crippen LogP) is 3.19. The number of esters is 1. The molecular weight excluding hydrogens is 275 g/mol. The summed E-state index contributed by atoms with van der Waals surface area (Å²) in [4.78, 5) is 17.3. The third kappa shape index (κ3) is 3.21. The lowest BCUT2D eigenvalue weighted by Gasteiger charge is -2.23. The molecule has 1 aromatic heterocycles. The van der Waals surface area contributed by atoms with Gasteiger partial charge in [-0.25, -0.2) is 9.18 Å². The number of ether oxygens (including phenoxy) is 1. The number of hydrogen-bond donors (Lipinski definition) is 0. The molecule has 21 heavy (non-hydrogen) atoms. The number of nitrogens with zero attached hydrogens (tertiary/aromatic N) is 2. The van der Waals surface area contributed by atoms with E-state index in [1.165, 1.54) is 12.3 Å². The van der Waals surface area contributed by atoms with E-state index in [0.717, 1.165) is 0 Å². The van der Waals surface area contributed by atoms with Crippen molar-refractivity contribution in [3.05, 3.63) is 47.6 Å². The second-order valence-corrected chi connectivity index (χ2v) is 4.54. The third-order valence-electron chi connectivity index (χ3n) is 3.21.